The van der Waals surface area contributed by atoms with Crippen LogP contribution < -0.4 is 4.90 Å². The van der Waals surface area contributed by atoms with Crippen molar-refractivity contribution in [1.29, 1.82) is 0 Å². The number of Topliss-reactive ketones (excluding diaryl/α,β-unsaturated/α-hetero) is 1. The van der Waals surface area contributed by atoms with Gasteiger partial charge < -0.3 is 4.90 Å². The number of quaternary nitrogens is 1. The second-order valence-electron chi connectivity index (χ2n) is 6.60. The number of nitrogens with one attached hydrogen (secondary N) is 1. The first-order valence-electron chi connectivity index (χ1n) is 8.46. The van der Waals surface area contributed by atoms with Gasteiger partial charge in [0.2, 0.25) is 0 Å². The molecule has 2 nitrogen and oxygen atoms in total. The first kappa shape index (κ1) is 17.4. The van der Waals surface area contributed by atoms with E-state index in [9.17, 15) is 4.79 Å². The number of carbonyl (C=O) groups is 1. The van der Waals surface area contributed by atoms with E-state index in [4.69, 9.17) is 0 Å². The molecular formula is C21H28NO+. The summed E-state index contributed by atoms with van der Waals surface area (Å²) >= 11 is 0. The van der Waals surface area contributed by atoms with Gasteiger partial charge in [0.05, 0.1) is 25.6 Å². The molecular weight excluding hydrogens is 282 g/mol. The number of carbonyl (C=O) groups excluding carboxylic acids is 1. The Bertz CT molecular complexity index is 579. The van der Waals surface area contributed by atoms with Crippen molar-refractivity contribution >= 4 is 5.78 Å². The van der Waals surface area contributed by atoms with Crippen LogP contribution in [0.4, 0.5) is 0 Å². The largest absolute Gasteiger partial charge is 0.338 e. The molecule has 2 heteroatoms. The third-order valence-corrected chi connectivity index (χ3v) is 4.93. The fourth-order valence-electron chi connectivity index (χ4n) is 3.25. The summed E-state index contributed by atoms with van der Waals surface area (Å²) in [5.74, 6) is 0.294. The summed E-state index contributed by atoms with van der Waals surface area (Å²) in [5, 5.41) is 0. The van der Waals surface area contributed by atoms with E-state index in [-0.39, 0.29) is 0 Å². The van der Waals surface area contributed by atoms with Gasteiger partial charge in [-0.1, -0.05) is 67.6 Å². The van der Waals surface area contributed by atoms with Gasteiger partial charge in [-0.3, -0.25) is 4.79 Å². The van der Waals surface area contributed by atoms with Crippen LogP contribution in [0.5, 0.6) is 0 Å². The Labute approximate surface area is 140 Å². The lowest BCUT2D eigenvalue weighted by Gasteiger charge is -2.36. The summed E-state index contributed by atoms with van der Waals surface area (Å²) in [6.07, 6.45) is 1.36. The molecule has 1 atom stereocenters. The van der Waals surface area contributed by atoms with Crippen molar-refractivity contribution in [1.82, 2.24) is 0 Å². The molecule has 1 N–H and O–H groups in total. The van der Waals surface area contributed by atoms with Gasteiger partial charge in [0.15, 0.2) is 0 Å². The van der Waals surface area contributed by atoms with Crippen LogP contribution in [0, 0.1) is 0 Å². The zero-order chi connectivity index (χ0) is 16.9. The van der Waals surface area contributed by atoms with E-state index >= 15 is 0 Å². The fraction of sp³-hybridized carbons (Fsp3) is 0.381. The molecule has 0 amide bonds. The van der Waals surface area contributed by atoms with Crippen molar-refractivity contribution in [3.63, 3.8) is 0 Å². The number of hydrogen-bond acceptors (Lipinski definition) is 1. The first-order chi connectivity index (χ1) is 11.0. The lowest BCUT2D eigenvalue weighted by atomic mass is 9.67. The van der Waals surface area contributed by atoms with Crippen LogP contribution in [0.3, 0.4) is 0 Å². The van der Waals surface area contributed by atoms with E-state index in [2.05, 4.69) is 45.3 Å². The molecule has 0 aliphatic heterocycles. The van der Waals surface area contributed by atoms with Crippen molar-refractivity contribution in [3.8, 4) is 0 Å². The molecule has 2 aromatic carbocycles. The predicted molar refractivity (Wildman–Crippen MR) is 95.9 cm³/mol. The molecule has 0 saturated carbocycles. The zero-order valence-corrected chi connectivity index (χ0v) is 14.7. The van der Waals surface area contributed by atoms with E-state index in [1.807, 2.05) is 43.3 Å². The average Bonchev–Trinajstić information content (AvgIpc) is 2.60. The molecule has 0 radical (unpaired) electrons. The van der Waals surface area contributed by atoms with Crippen molar-refractivity contribution in [2.24, 2.45) is 0 Å². The van der Waals surface area contributed by atoms with E-state index < -0.39 is 5.41 Å². The summed E-state index contributed by atoms with van der Waals surface area (Å²) in [6, 6.07) is 20.9. The number of hydrogen-bond donors (Lipinski definition) is 1. The molecule has 2 aromatic rings. The zero-order valence-electron chi connectivity index (χ0n) is 14.7. The van der Waals surface area contributed by atoms with Gasteiger partial charge >= 0.3 is 0 Å². The van der Waals surface area contributed by atoms with E-state index in [1.54, 1.807) is 0 Å². The number of rotatable bonds is 7. The molecule has 2 rings (SSSR count). The standard InChI is InChI=1S/C21H27NO/c1-5-20(23)21(16-17(2)22(3)4,18-12-8-6-9-13-18)19-14-10-7-11-15-19/h6-15,17H,5,16H2,1-4H3/p+1/t17-/m0/s1. The van der Waals surface area contributed by atoms with Gasteiger partial charge in [-0.2, -0.15) is 0 Å². The Kier molecular flexibility index (Phi) is 5.73. The van der Waals surface area contributed by atoms with Crippen molar-refractivity contribution in [2.75, 3.05) is 14.1 Å². The van der Waals surface area contributed by atoms with Crippen molar-refractivity contribution in [2.45, 2.75) is 38.1 Å². The maximum Gasteiger partial charge on any atom is 0.147 e. The minimum absolute atomic E-state index is 0.294. The third-order valence-electron chi connectivity index (χ3n) is 4.93. The second kappa shape index (κ2) is 7.56. The molecule has 0 fully saturated rings. The highest BCUT2D eigenvalue weighted by Crippen LogP contribution is 2.38. The molecule has 23 heavy (non-hydrogen) atoms. The van der Waals surface area contributed by atoms with Crippen LogP contribution in [0.1, 0.15) is 37.8 Å². The van der Waals surface area contributed by atoms with Crippen molar-refractivity contribution in [3.05, 3.63) is 71.8 Å². The summed E-state index contributed by atoms with van der Waals surface area (Å²) in [5.41, 5.74) is 1.64. The van der Waals surface area contributed by atoms with Gasteiger partial charge in [0, 0.05) is 12.8 Å². The molecule has 0 aliphatic carbocycles. The molecule has 0 heterocycles. The maximum absolute atomic E-state index is 13.2. The Morgan fingerprint density at radius 1 is 0.957 bits per heavy atom. The summed E-state index contributed by atoms with van der Waals surface area (Å²) < 4.78 is 0. The number of benzene rings is 2. The van der Waals surface area contributed by atoms with Gasteiger partial charge in [0.1, 0.15) is 5.78 Å². The molecule has 0 unspecified atom stereocenters. The summed E-state index contributed by atoms with van der Waals surface area (Å²) in [7, 11) is 4.31. The second-order valence-corrected chi connectivity index (χ2v) is 6.60. The lowest BCUT2D eigenvalue weighted by molar-refractivity contribution is -0.884. The van der Waals surface area contributed by atoms with Crippen LogP contribution >= 0.6 is 0 Å². The quantitative estimate of drug-likeness (QED) is 0.834. The van der Waals surface area contributed by atoms with E-state index in [1.165, 1.54) is 4.90 Å². The molecule has 0 spiro atoms. The molecule has 122 valence electrons. The SMILES string of the molecule is CCC(=O)C(C[C@H](C)[NH+](C)C)(c1ccccc1)c1ccccc1. The van der Waals surface area contributed by atoms with E-state index in [0.717, 1.165) is 17.5 Å². The number of ketones is 1. The summed E-state index contributed by atoms with van der Waals surface area (Å²) in [4.78, 5) is 14.5. The van der Waals surface area contributed by atoms with Gasteiger partial charge in [-0.25, -0.2) is 0 Å². The Balaban J connectivity index is 2.66. The fourth-order valence-corrected chi connectivity index (χ4v) is 3.25. The van der Waals surface area contributed by atoms with Gasteiger partial charge in [-0.05, 0) is 18.1 Å². The Hall–Kier alpha value is -1.93. The normalized spacial score (nSPS) is 13.1. The van der Waals surface area contributed by atoms with E-state index in [0.29, 0.717) is 18.2 Å². The van der Waals surface area contributed by atoms with Gasteiger partial charge in [-0.15, -0.1) is 0 Å². The third kappa shape index (κ3) is 3.53. The van der Waals surface area contributed by atoms with Crippen LogP contribution in [-0.4, -0.2) is 25.9 Å². The van der Waals surface area contributed by atoms with Crippen LogP contribution in [0.15, 0.2) is 60.7 Å². The topological polar surface area (TPSA) is 21.5 Å². The Morgan fingerprint density at radius 3 is 1.74 bits per heavy atom. The highest BCUT2D eigenvalue weighted by atomic mass is 16.1. The minimum atomic E-state index is -0.562. The minimum Gasteiger partial charge on any atom is -0.338 e. The predicted octanol–water partition coefficient (Wildman–Crippen LogP) is 2.87. The monoisotopic (exact) mass is 310 g/mol. The highest BCUT2D eigenvalue weighted by Gasteiger charge is 2.42. The molecule has 0 aromatic heterocycles. The van der Waals surface area contributed by atoms with Crippen LogP contribution in [-0.2, 0) is 10.2 Å². The van der Waals surface area contributed by atoms with Gasteiger partial charge in [0.25, 0.3) is 0 Å². The first-order valence-corrected chi connectivity index (χ1v) is 8.46. The molecule has 0 aliphatic rings. The maximum atomic E-state index is 13.2. The Morgan fingerprint density at radius 2 is 1.39 bits per heavy atom. The lowest BCUT2D eigenvalue weighted by Crippen LogP contribution is -3.09. The molecule has 0 bridgehead atoms. The highest BCUT2D eigenvalue weighted by molar-refractivity contribution is 5.93. The summed E-state index contributed by atoms with van der Waals surface area (Å²) in [6.45, 7) is 4.19. The average molecular weight is 310 g/mol. The van der Waals surface area contributed by atoms with Crippen LogP contribution in [0.25, 0.3) is 0 Å². The van der Waals surface area contributed by atoms with Crippen LogP contribution in [0.2, 0.25) is 0 Å². The smallest absolute Gasteiger partial charge is 0.147 e. The van der Waals surface area contributed by atoms with Crippen molar-refractivity contribution < 1.29 is 9.69 Å². The molecule has 0 saturated heterocycles.